The standard InChI is InChI=1S/C33H38O5/c1-26-20-32(37-25-29-16-9-4-10-17-29)21-30(35-23-27-12-5-2-6-13-27)18-11-19-31(22-33(34)38-26)36-24-28-14-7-3-8-15-28/h2-17,19,26,30-32H,18,20-25H2,1H3/b19-11+/t26-,30+,31-,32?/m1/s1. The molecule has 3 aromatic rings. The predicted octanol–water partition coefficient (Wildman–Crippen LogP) is 6.80. The van der Waals surface area contributed by atoms with Crippen LogP contribution in [0.4, 0.5) is 0 Å². The lowest BCUT2D eigenvalue weighted by Gasteiger charge is -2.27. The van der Waals surface area contributed by atoms with Crippen molar-refractivity contribution in [3.63, 3.8) is 0 Å². The molecule has 200 valence electrons. The Morgan fingerprint density at radius 2 is 1.18 bits per heavy atom. The Balaban J connectivity index is 1.45. The summed E-state index contributed by atoms with van der Waals surface area (Å²) in [6, 6.07) is 30.3. The summed E-state index contributed by atoms with van der Waals surface area (Å²) < 4.78 is 24.6. The van der Waals surface area contributed by atoms with Gasteiger partial charge in [-0.25, -0.2) is 0 Å². The molecular weight excluding hydrogens is 476 g/mol. The molecule has 0 bridgehead atoms. The zero-order valence-electron chi connectivity index (χ0n) is 22.1. The van der Waals surface area contributed by atoms with Crippen molar-refractivity contribution in [3.8, 4) is 0 Å². The van der Waals surface area contributed by atoms with Crippen LogP contribution < -0.4 is 0 Å². The van der Waals surface area contributed by atoms with E-state index in [4.69, 9.17) is 18.9 Å². The fourth-order valence-corrected chi connectivity index (χ4v) is 4.53. The van der Waals surface area contributed by atoms with Crippen molar-refractivity contribution in [1.29, 1.82) is 0 Å². The molecule has 1 aliphatic rings. The van der Waals surface area contributed by atoms with E-state index in [1.807, 2.05) is 79.7 Å². The summed E-state index contributed by atoms with van der Waals surface area (Å²) in [5.74, 6) is -0.264. The second kappa shape index (κ2) is 15.2. The molecule has 1 aliphatic heterocycles. The number of benzene rings is 3. The number of hydrogen-bond acceptors (Lipinski definition) is 5. The summed E-state index contributed by atoms with van der Waals surface area (Å²) in [6.45, 7) is 3.39. The molecule has 0 spiro atoms. The van der Waals surface area contributed by atoms with Crippen molar-refractivity contribution in [2.24, 2.45) is 0 Å². The molecule has 4 atom stereocenters. The summed E-state index contributed by atoms with van der Waals surface area (Å²) in [4.78, 5) is 12.7. The first-order chi connectivity index (χ1) is 18.6. The van der Waals surface area contributed by atoms with Crippen molar-refractivity contribution >= 4 is 5.97 Å². The highest BCUT2D eigenvalue weighted by atomic mass is 16.6. The van der Waals surface area contributed by atoms with E-state index < -0.39 is 0 Å². The maximum Gasteiger partial charge on any atom is 0.309 e. The first-order valence-corrected chi connectivity index (χ1v) is 13.5. The molecule has 38 heavy (non-hydrogen) atoms. The van der Waals surface area contributed by atoms with Gasteiger partial charge in [0.1, 0.15) is 6.10 Å². The van der Waals surface area contributed by atoms with Crippen LogP contribution >= 0.6 is 0 Å². The van der Waals surface area contributed by atoms with Gasteiger partial charge in [-0.15, -0.1) is 0 Å². The molecule has 0 saturated carbocycles. The minimum atomic E-state index is -0.366. The lowest BCUT2D eigenvalue weighted by molar-refractivity contribution is -0.153. The highest BCUT2D eigenvalue weighted by Crippen LogP contribution is 2.22. The zero-order chi connectivity index (χ0) is 26.4. The monoisotopic (exact) mass is 514 g/mol. The highest BCUT2D eigenvalue weighted by molar-refractivity contribution is 5.70. The molecular formula is C33H38O5. The van der Waals surface area contributed by atoms with Crippen LogP contribution in [0.2, 0.25) is 0 Å². The Morgan fingerprint density at radius 3 is 1.74 bits per heavy atom. The smallest absolute Gasteiger partial charge is 0.309 e. The molecule has 0 amide bonds. The highest BCUT2D eigenvalue weighted by Gasteiger charge is 2.24. The first-order valence-electron chi connectivity index (χ1n) is 13.5. The molecule has 4 rings (SSSR count). The Morgan fingerprint density at radius 1 is 0.684 bits per heavy atom. The predicted molar refractivity (Wildman–Crippen MR) is 148 cm³/mol. The Hall–Kier alpha value is -3.25. The normalized spacial score (nSPS) is 23.6. The van der Waals surface area contributed by atoms with Gasteiger partial charge in [0.15, 0.2) is 0 Å². The minimum absolute atomic E-state index is 0.0515. The molecule has 0 N–H and O–H groups in total. The van der Waals surface area contributed by atoms with Crippen LogP contribution in [0.3, 0.4) is 0 Å². The molecule has 0 aromatic heterocycles. The fraction of sp³-hybridized carbons (Fsp3) is 0.364. The van der Waals surface area contributed by atoms with Crippen molar-refractivity contribution in [2.45, 2.75) is 76.8 Å². The molecule has 3 aromatic carbocycles. The van der Waals surface area contributed by atoms with E-state index in [1.54, 1.807) is 0 Å². The first kappa shape index (κ1) is 27.8. The number of rotatable bonds is 9. The van der Waals surface area contributed by atoms with E-state index in [-0.39, 0.29) is 36.8 Å². The Bertz CT molecular complexity index is 1100. The van der Waals surface area contributed by atoms with Gasteiger partial charge in [0.2, 0.25) is 0 Å². The van der Waals surface area contributed by atoms with Crippen LogP contribution in [-0.4, -0.2) is 30.4 Å². The molecule has 0 radical (unpaired) electrons. The van der Waals surface area contributed by atoms with Crippen LogP contribution in [0, 0.1) is 0 Å². The molecule has 1 heterocycles. The maximum atomic E-state index is 12.7. The van der Waals surface area contributed by atoms with Crippen molar-refractivity contribution in [3.05, 3.63) is 120 Å². The molecule has 0 saturated heterocycles. The number of ether oxygens (including phenoxy) is 4. The maximum absolute atomic E-state index is 12.7. The van der Waals surface area contributed by atoms with Crippen molar-refractivity contribution < 1.29 is 23.7 Å². The second-order valence-corrected chi connectivity index (χ2v) is 9.81. The topological polar surface area (TPSA) is 54.0 Å². The van der Waals surface area contributed by atoms with Gasteiger partial charge in [-0.05, 0) is 30.0 Å². The van der Waals surface area contributed by atoms with E-state index in [2.05, 4.69) is 30.3 Å². The summed E-state index contributed by atoms with van der Waals surface area (Å²) in [5.41, 5.74) is 3.32. The summed E-state index contributed by atoms with van der Waals surface area (Å²) in [5, 5.41) is 0. The molecule has 0 aliphatic carbocycles. The molecule has 1 unspecified atom stereocenters. The number of carbonyl (C=O) groups excluding carboxylic acids is 1. The summed E-state index contributed by atoms with van der Waals surface area (Å²) in [6.07, 6.45) is 5.38. The van der Waals surface area contributed by atoms with Crippen LogP contribution in [0.15, 0.2) is 103 Å². The Labute approximate surface area is 226 Å². The van der Waals surface area contributed by atoms with Gasteiger partial charge in [-0.2, -0.15) is 0 Å². The summed E-state index contributed by atoms with van der Waals surface area (Å²) in [7, 11) is 0. The largest absolute Gasteiger partial charge is 0.462 e. The van der Waals surface area contributed by atoms with Crippen LogP contribution in [0.1, 0.15) is 49.3 Å². The van der Waals surface area contributed by atoms with E-state index >= 15 is 0 Å². The Kier molecular flexibility index (Phi) is 11.1. The third-order valence-corrected chi connectivity index (χ3v) is 6.53. The van der Waals surface area contributed by atoms with E-state index in [9.17, 15) is 4.79 Å². The van der Waals surface area contributed by atoms with E-state index in [0.29, 0.717) is 39.1 Å². The van der Waals surface area contributed by atoms with Gasteiger partial charge in [0.25, 0.3) is 0 Å². The average Bonchev–Trinajstić information content (AvgIpc) is 2.94. The SMILES string of the molecule is C[C@@H]1CC(OCc2ccccc2)C[C@@H](OCc2ccccc2)C/C=C/[C@@H](OCc2ccccc2)CC(=O)O1. The van der Waals surface area contributed by atoms with Crippen LogP contribution in [0.5, 0.6) is 0 Å². The average molecular weight is 515 g/mol. The van der Waals surface area contributed by atoms with Crippen molar-refractivity contribution in [2.75, 3.05) is 0 Å². The van der Waals surface area contributed by atoms with Crippen LogP contribution in [-0.2, 0) is 43.6 Å². The molecule has 0 fully saturated rings. The third-order valence-electron chi connectivity index (χ3n) is 6.53. The van der Waals surface area contributed by atoms with E-state index in [1.165, 1.54) is 0 Å². The van der Waals surface area contributed by atoms with Gasteiger partial charge in [0.05, 0.1) is 44.6 Å². The second-order valence-electron chi connectivity index (χ2n) is 9.81. The van der Waals surface area contributed by atoms with Gasteiger partial charge in [0, 0.05) is 12.8 Å². The van der Waals surface area contributed by atoms with Crippen LogP contribution in [0.25, 0.3) is 0 Å². The third kappa shape index (κ3) is 9.90. The van der Waals surface area contributed by atoms with Gasteiger partial charge < -0.3 is 18.9 Å². The lowest BCUT2D eigenvalue weighted by atomic mass is 10.0. The minimum Gasteiger partial charge on any atom is -0.462 e. The van der Waals surface area contributed by atoms with E-state index in [0.717, 1.165) is 16.7 Å². The zero-order valence-corrected chi connectivity index (χ0v) is 22.1. The number of carbonyl (C=O) groups is 1. The fourth-order valence-electron chi connectivity index (χ4n) is 4.53. The lowest BCUT2D eigenvalue weighted by Crippen LogP contribution is -2.30. The quantitative estimate of drug-likeness (QED) is 0.232. The molecule has 5 heteroatoms. The summed E-state index contributed by atoms with van der Waals surface area (Å²) >= 11 is 0. The van der Waals surface area contributed by atoms with Gasteiger partial charge >= 0.3 is 5.97 Å². The van der Waals surface area contributed by atoms with Gasteiger partial charge in [-0.3, -0.25) is 4.79 Å². The number of hydrogen-bond donors (Lipinski definition) is 0. The number of cyclic esters (lactones) is 1. The molecule has 5 nitrogen and oxygen atoms in total. The number of esters is 1. The van der Waals surface area contributed by atoms with Gasteiger partial charge in [-0.1, -0.05) is 103 Å². The van der Waals surface area contributed by atoms with Crippen molar-refractivity contribution in [1.82, 2.24) is 0 Å².